The summed E-state index contributed by atoms with van der Waals surface area (Å²) in [6.07, 6.45) is -3.09. The van der Waals surface area contributed by atoms with Gasteiger partial charge in [0.05, 0.1) is 17.2 Å². The van der Waals surface area contributed by atoms with Crippen LogP contribution < -0.4 is 14.9 Å². The number of anilines is 2. The van der Waals surface area contributed by atoms with E-state index in [9.17, 15) is 26.6 Å². The van der Waals surface area contributed by atoms with Crippen molar-refractivity contribution in [2.75, 3.05) is 29.0 Å². The number of benzene rings is 2. The molecule has 176 valence electrons. The molecule has 0 spiro atoms. The summed E-state index contributed by atoms with van der Waals surface area (Å²) < 4.78 is 67.4. The Kier molecular flexibility index (Phi) is 8.65. The highest BCUT2D eigenvalue weighted by atomic mass is 32.2. The minimum absolute atomic E-state index is 0.0318. The first kappa shape index (κ1) is 25.6. The Labute approximate surface area is 187 Å². The molecule has 0 aliphatic rings. The van der Waals surface area contributed by atoms with Gasteiger partial charge >= 0.3 is 6.18 Å². The average molecular weight is 474 g/mol. The van der Waals surface area contributed by atoms with Crippen molar-refractivity contribution in [3.05, 3.63) is 58.9 Å². The van der Waals surface area contributed by atoms with Crippen LogP contribution in [0.5, 0.6) is 0 Å². The molecule has 0 heterocycles. The molecule has 32 heavy (non-hydrogen) atoms. The lowest BCUT2D eigenvalue weighted by atomic mass is 9.99. The van der Waals surface area contributed by atoms with Gasteiger partial charge in [0.2, 0.25) is 5.91 Å². The van der Waals surface area contributed by atoms with E-state index in [1.54, 1.807) is 17.9 Å². The van der Waals surface area contributed by atoms with Gasteiger partial charge in [-0.1, -0.05) is 12.1 Å². The molecular formula is C22H27F4N3O2S. The Morgan fingerprint density at radius 3 is 2.31 bits per heavy atom. The number of rotatable bonds is 9. The first-order valence-corrected chi connectivity index (χ1v) is 11.7. The summed E-state index contributed by atoms with van der Waals surface area (Å²) in [4.78, 5) is 14.4. The Balaban J connectivity index is 2.19. The molecule has 2 N–H and O–H groups in total. The van der Waals surface area contributed by atoms with E-state index in [0.717, 1.165) is 12.1 Å². The Morgan fingerprint density at radius 1 is 1.12 bits per heavy atom. The Hall–Kier alpha value is -2.62. The van der Waals surface area contributed by atoms with Gasteiger partial charge in [-0.3, -0.25) is 4.79 Å². The van der Waals surface area contributed by atoms with Crippen LogP contribution in [-0.2, 0) is 28.5 Å². The summed E-state index contributed by atoms with van der Waals surface area (Å²) in [7, 11) is -1.44. The van der Waals surface area contributed by atoms with Gasteiger partial charge in [0.25, 0.3) is 0 Å². The third kappa shape index (κ3) is 6.44. The summed E-state index contributed by atoms with van der Waals surface area (Å²) in [6.45, 7) is 6.34. The fourth-order valence-corrected chi connectivity index (χ4v) is 3.75. The van der Waals surface area contributed by atoms with Crippen LogP contribution in [0.2, 0.25) is 0 Å². The number of carbonyl (C=O) groups excluding carboxylic acids is 1. The molecule has 5 nitrogen and oxygen atoms in total. The van der Waals surface area contributed by atoms with E-state index in [2.05, 4.69) is 10.0 Å². The summed E-state index contributed by atoms with van der Waals surface area (Å²) in [6, 6.07) is 7.62. The topological polar surface area (TPSA) is 61.4 Å². The Bertz CT molecular complexity index is 978. The van der Waals surface area contributed by atoms with Gasteiger partial charge in [-0.15, -0.1) is 0 Å². The summed E-state index contributed by atoms with van der Waals surface area (Å²) in [5.41, 5.74) is 0.699. The second kappa shape index (κ2) is 10.8. The highest BCUT2D eigenvalue weighted by Crippen LogP contribution is 2.33. The second-order valence-corrected chi connectivity index (χ2v) is 8.36. The van der Waals surface area contributed by atoms with Crippen molar-refractivity contribution in [3.8, 4) is 0 Å². The monoisotopic (exact) mass is 473 g/mol. The van der Waals surface area contributed by atoms with E-state index in [-0.39, 0.29) is 12.2 Å². The van der Waals surface area contributed by atoms with E-state index in [4.69, 9.17) is 0 Å². The molecule has 0 bridgehead atoms. The zero-order valence-corrected chi connectivity index (χ0v) is 19.2. The van der Waals surface area contributed by atoms with E-state index < -0.39 is 40.4 Å². The van der Waals surface area contributed by atoms with Crippen LogP contribution in [-0.4, -0.2) is 29.5 Å². The summed E-state index contributed by atoms with van der Waals surface area (Å²) in [5.74, 6) is -1.73. The number of alkyl halides is 3. The molecule has 0 aromatic heterocycles. The SMILES string of the molecule is CCN(CC)c1cc(C(F)(F)F)ccc1CNC(=O)C(C)c1ccc(NS(C)=O)c(F)c1. The number of carbonyl (C=O) groups is 1. The maximum absolute atomic E-state index is 14.2. The first-order chi connectivity index (χ1) is 15.0. The quantitative estimate of drug-likeness (QED) is 0.514. The highest BCUT2D eigenvalue weighted by Gasteiger charge is 2.31. The van der Waals surface area contributed by atoms with Crippen molar-refractivity contribution in [1.82, 2.24) is 5.32 Å². The van der Waals surface area contributed by atoms with Gasteiger partial charge in [0.15, 0.2) is 0 Å². The average Bonchev–Trinajstić information content (AvgIpc) is 2.73. The number of halogens is 4. The first-order valence-electron chi connectivity index (χ1n) is 10.1. The number of nitrogens with one attached hydrogen (secondary N) is 2. The molecule has 0 radical (unpaired) electrons. The van der Waals surface area contributed by atoms with Crippen molar-refractivity contribution >= 4 is 28.3 Å². The second-order valence-electron chi connectivity index (χ2n) is 7.25. The molecule has 2 unspecified atom stereocenters. The molecule has 10 heteroatoms. The van der Waals surface area contributed by atoms with Crippen molar-refractivity contribution in [2.45, 2.75) is 39.4 Å². The van der Waals surface area contributed by atoms with Crippen LogP contribution in [0.3, 0.4) is 0 Å². The largest absolute Gasteiger partial charge is 0.416 e. The number of hydrogen-bond donors (Lipinski definition) is 2. The van der Waals surface area contributed by atoms with E-state index in [1.165, 1.54) is 24.5 Å². The molecule has 0 fully saturated rings. The van der Waals surface area contributed by atoms with E-state index >= 15 is 0 Å². The van der Waals surface area contributed by atoms with Crippen LogP contribution in [0.4, 0.5) is 28.9 Å². The van der Waals surface area contributed by atoms with Crippen molar-refractivity contribution in [3.63, 3.8) is 0 Å². The predicted molar refractivity (Wildman–Crippen MR) is 119 cm³/mol. The molecule has 0 saturated heterocycles. The van der Waals surface area contributed by atoms with E-state index in [0.29, 0.717) is 29.9 Å². The lowest BCUT2D eigenvalue weighted by Gasteiger charge is -2.26. The van der Waals surface area contributed by atoms with Crippen LogP contribution in [0.1, 0.15) is 43.4 Å². The normalized spacial score (nSPS) is 13.4. The third-order valence-corrected chi connectivity index (χ3v) is 5.62. The van der Waals surface area contributed by atoms with Gasteiger partial charge < -0.3 is 14.9 Å². The zero-order chi connectivity index (χ0) is 24.1. The smallest absolute Gasteiger partial charge is 0.372 e. The zero-order valence-electron chi connectivity index (χ0n) is 18.3. The summed E-state index contributed by atoms with van der Waals surface area (Å²) >= 11 is 0. The molecule has 0 aliphatic heterocycles. The van der Waals surface area contributed by atoms with Crippen molar-refractivity contribution < 1.29 is 26.6 Å². The maximum Gasteiger partial charge on any atom is 0.416 e. The number of hydrogen-bond acceptors (Lipinski definition) is 3. The van der Waals surface area contributed by atoms with E-state index in [1.807, 2.05) is 13.8 Å². The van der Waals surface area contributed by atoms with Gasteiger partial charge in [0.1, 0.15) is 16.8 Å². The number of amides is 1. The molecule has 0 aliphatic carbocycles. The minimum Gasteiger partial charge on any atom is -0.372 e. The maximum atomic E-state index is 14.2. The van der Waals surface area contributed by atoms with Crippen molar-refractivity contribution in [2.24, 2.45) is 0 Å². The predicted octanol–water partition coefficient (Wildman–Crippen LogP) is 4.82. The Morgan fingerprint density at radius 2 is 1.78 bits per heavy atom. The molecule has 2 aromatic rings. The van der Waals surface area contributed by atoms with Crippen LogP contribution in [0, 0.1) is 5.82 Å². The fraction of sp³-hybridized carbons (Fsp3) is 0.409. The molecule has 0 saturated carbocycles. The van der Waals surface area contributed by atoms with Crippen LogP contribution in [0.25, 0.3) is 0 Å². The molecule has 2 rings (SSSR count). The van der Waals surface area contributed by atoms with Gasteiger partial charge in [0, 0.05) is 31.6 Å². The standard InChI is InChI=1S/C22H27F4N3O2S/c1-5-29(6-2)20-12-17(22(24,25)26)9-7-16(20)13-27-21(30)14(3)15-8-10-19(18(23)11-15)28-32(4)31/h7-12,14,28H,5-6,13H2,1-4H3,(H,27,30). The highest BCUT2D eigenvalue weighted by molar-refractivity contribution is 7.85. The third-order valence-electron chi connectivity index (χ3n) is 5.11. The van der Waals surface area contributed by atoms with Crippen LogP contribution in [0.15, 0.2) is 36.4 Å². The van der Waals surface area contributed by atoms with Gasteiger partial charge in [-0.05, 0) is 56.2 Å². The lowest BCUT2D eigenvalue weighted by molar-refractivity contribution is -0.137. The molecule has 1 amide bonds. The van der Waals surface area contributed by atoms with Gasteiger partial charge in [-0.2, -0.15) is 13.2 Å². The van der Waals surface area contributed by atoms with Gasteiger partial charge in [-0.25, -0.2) is 8.60 Å². The molecule has 2 aromatic carbocycles. The molecular weight excluding hydrogens is 446 g/mol. The number of nitrogens with zero attached hydrogens (tertiary/aromatic N) is 1. The lowest BCUT2D eigenvalue weighted by Crippen LogP contribution is -2.30. The minimum atomic E-state index is -4.46. The summed E-state index contributed by atoms with van der Waals surface area (Å²) in [5, 5.41) is 2.73. The van der Waals surface area contributed by atoms with Crippen LogP contribution >= 0.6 is 0 Å². The van der Waals surface area contributed by atoms with Crippen molar-refractivity contribution in [1.29, 1.82) is 0 Å². The molecule has 2 atom stereocenters. The fourth-order valence-electron chi connectivity index (χ4n) is 3.27.